The van der Waals surface area contributed by atoms with Gasteiger partial charge in [0, 0.05) is 23.0 Å². The van der Waals surface area contributed by atoms with Crippen molar-refractivity contribution in [1.82, 2.24) is 10.3 Å². The molecule has 2 fully saturated rings. The van der Waals surface area contributed by atoms with E-state index in [2.05, 4.69) is 10.3 Å². The molecule has 2 aliphatic carbocycles. The Balaban J connectivity index is 1.43. The molecule has 0 spiro atoms. The molecular formula is C19H25N3O2S. The highest BCUT2D eigenvalue weighted by molar-refractivity contribution is 7.08. The van der Waals surface area contributed by atoms with Crippen LogP contribution >= 0.6 is 11.3 Å². The van der Waals surface area contributed by atoms with Crippen LogP contribution in [-0.2, 0) is 11.2 Å². The third kappa shape index (κ3) is 3.51. The minimum Gasteiger partial charge on any atom is -0.441 e. The van der Waals surface area contributed by atoms with Crippen LogP contribution in [0.2, 0.25) is 0 Å². The number of hydrogen-bond acceptors (Lipinski definition) is 5. The number of nitrogens with two attached hydrogens (primary N) is 1. The first-order chi connectivity index (χ1) is 12.1. The number of aryl methyl sites for hydroxylation is 1. The Morgan fingerprint density at radius 1 is 1.40 bits per heavy atom. The van der Waals surface area contributed by atoms with Crippen LogP contribution in [0.25, 0.3) is 11.5 Å². The van der Waals surface area contributed by atoms with Crippen molar-refractivity contribution in [2.45, 2.75) is 57.5 Å². The van der Waals surface area contributed by atoms with Gasteiger partial charge in [-0.25, -0.2) is 4.98 Å². The summed E-state index contributed by atoms with van der Waals surface area (Å²) >= 11 is 1.61. The lowest BCUT2D eigenvalue weighted by Crippen LogP contribution is -2.54. The fourth-order valence-corrected chi connectivity index (χ4v) is 5.15. The smallest absolute Gasteiger partial charge is 0.227 e. The standard InChI is InChI=1S/C19H25N3O2S/c1-11-16(21-19(24-11)14-5-6-25-10-14)9-17(23)22-18-12-3-2-4-13(18)8-15(20)7-12/h5-6,10,12-13,15,18H,2-4,7-9,20H2,1H3,(H,22,23). The summed E-state index contributed by atoms with van der Waals surface area (Å²) in [5.41, 5.74) is 7.88. The highest BCUT2D eigenvalue weighted by atomic mass is 32.1. The van der Waals surface area contributed by atoms with E-state index < -0.39 is 0 Å². The fourth-order valence-electron chi connectivity index (χ4n) is 4.52. The average Bonchev–Trinajstić information content (AvgIpc) is 3.19. The molecule has 0 saturated heterocycles. The molecule has 0 aromatic carbocycles. The molecule has 6 heteroatoms. The summed E-state index contributed by atoms with van der Waals surface area (Å²) in [5.74, 6) is 2.44. The Hall–Kier alpha value is -1.66. The van der Waals surface area contributed by atoms with Crippen LogP contribution in [0.3, 0.4) is 0 Å². The van der Waals surface area contributed by atoms with Crippen molar-refractivity contribution in [3.63, 3.8) is 0 Å². The second kappa shape index (κ2) is 6.92. The zero-order valence-corrected chi connectivity index (χ0v) is 15.3. The number of rotatable bonds is 4. The van der Waals surface area contributed by atoms with E-state index in [9.17, 15) is 4.79 Å². The van der Waals surface area contributed by atoms with Crippen molar-refractivity contribution in [1.29, 1.82) is 0 Å². The Bertz CT molecular complexity index is 726. The van der Waals surface area contributed by atoms with Crippen molar-refractivity contribution in [3.05, 3.63) is 28.3 Å². The lowest BCUT2D eigenvalue weighted by molar-refractivity contribution is -0.122. The number of aromatic nitrogens is 1. The van der Waals surface area contributed by atoms with Gasteiger partial charge in [0.1, 0.15) is 5.76 Å². The molecule has 2 bridgehead atoms. The van der Waals surface area contributed by atoms with E-state index in [4.69, 9.17) is 10.2 Å². The van der Waals surface area contributed by atoms with Crippen LogP contribution in [0.5, 0.6) is 0 Å². The third-order valence-corrected chi connectivity index (χ3v) is 6.38. The van der Waals surface area contributed by atoms with Crippen LogP contribution in [0.4, 0.5) is 0 Å². The van der Waals surface area contributed by atoms with E-state index in [0.29, 0.717) is 23.8 Å². The topological polar surface area (TPSA) is 81.2 Å². The van der Waals surface area contributed by atoms with Crippen molar-refractivity contribution in [2.75, 3.05) is 0 Å². The lowest BCUT2D eigenvalue weighted by atomic mass is 9.67. The quantitative estimate of drug-likeness (QED) is 0.878. The predicted molar refractivity (Wildman–Crippen MR) is 98.2 cm³/mol. The molecule has 5 nitrogen and oxygen atoms in total. The normalized spacial score (nSPS) is 28.7. The Morgan fingerprint density at radius 2 is 2.16 bits per heavy atom. The number of nitrogens with zero attached hydrogens (tertiary/aromatic N) is 1. The first-order valence-electron chi connectivity index (χ1n) is 9.14. The van der Waals surface area contributed by atoms with Gasteiger partial charge in [0.05, 0.1) is 12.1 Å². The van der Waals surface area contributed by atoms with Gasteiger partial charge in [-0.05, 0) is 55.9 Å². The lowest BCUT2D eigenvalue weighted by Gasteiger charge is -2.45. The summed E-state index contributed by atoms with van der Waals surface area (Å²) in [6.45, 7) is 1.87. The maximum absolute atomic E-state index is 12.6. The van der Waals surface area contributed by atoms with Gasteiger partial charge >= 0.3 is 0 Å². The number of carbonyl (C=O) groups excluding carboxylic acids is 1. The van der Waals surface area contributed by atoms with Crippen molar-refractivity contribution in [3.8, 4) is 11.5 Å². The van der Waals surface area contributed by atoms with Gasteiger partial charge in [0.15, 0.2) is 0 Å². The molecule has 2 atom stereocenters. The Labute approximate surface area is 152 Å². The zero-order chi connectivity index (χ0) is 17.4. The molecule has 0 aliphatic heterocycles. The van der Waals surface area contributed by atoms with Gasteiger partial charge < -0.3 is 15.5 Å². The number of thiophene rings is 1. The van der Waals surface area contributed by atoms with E-state index in [0.717, 1.165) is 29.9 Å². The molecule has 2 aromatic heterocycles. The number of hydrogen-bond donors (Lipinski definition) is 2. The minimum absolute atomic E-state index is 0.0469. The highest BCUT2D eigenvalue weighted by Gasteiger charge is 2.39. The van der Waals surface area contributed by atoms with Crippen LogP contribution < -0.4 is 11.1 Å². The predicted octanol–water partition coefficient (Wildman–Crippen LogP) is 3.28. The van der Waals surface area contributed by atoms with E-state index in [1.165, 1.54) is 19.3 Å². The molecule has 3 N–H and O–H groups in total. The van der Waals surface area contributed by atoms with Gasteiger partial charge in [0.2, 0.25) is 11.8 Å². The molecule has 2 unspecified atom stereocenters. The first-order valence-corrected chi connectivity index (χ1v) is 10.1. The van der Waals surface area contributed by atoms with Crippen molar-refractivity contribution < 1.29 is 9.21 Å². The Kier molecular flexibility index (Phi) is 4.65. The molecule has 4 rings (SSSR count). The maximum Gasteiger partial charge on any atom is 0.227 e. The summed E-state index contributed by atoms with van der Waals surface area (Å²) in [6, 6.07) is 2.56. The molecule has 2 aliphatic rings. The van der Waals surface area contributed by atoms with E-state index in [1.807, 2.05) is 23.8 Å². The monoisotopic (exact) mass is 359 g/mol. The highest BCUT2D eigenvalue weighted by Crippen LogP contribution is 2.39. The molecule has 2 heterocycles. The Morgan fingerprint density at radius 3 is 2.84 bits per heavy atom. The van der Waals surface area contributed by atoms with Gasteiger partial charge in [-0.15, -0.1) is 0 Å². The van der Waals surface area contributed by atoms with E-state index in [-0.39, 0.29) is 18.4 Å². The summed E-state index contributed by atoms with van der Waals surface area (Å²) in [5, 5.41) is 7.28. The summed E-state index contributed by atoms with van der Waals surface area (Å²) in [4.78, 5) is 17.1. The zero-order valence-electron chi connectivity index (χ0n) is 14.5. The third-order valence-electron chi connectivity index (χ3n) is 5.69. The van der Waals surface area contributed by atoms with E-state index in [1.54, 1.807) is 11.3 Å². The maximum atomic E-state index is 12.6. The molecular weight excluding hydrogens is 334 g/mol. The second-order valence-electron chi connectivity index (χ2n) is 7.49. The number of fused-ring (bicyclic) bond motifs is 2. The average molecular weight is 359 g/mol. The first kappa shape index (κ1) is 16.8. The van der Waals surface area contributed by atoms with E-state index >= 15 is 0 Å². The van der Waals surface area contributed by atoms with Crippen LogP contribution in [0.15, 0.2) is 21.2 Å². The molecule has 0 radical (unpaired) electrons. The number of nitrogens with one attached hydrogen (secondary N) is 1. The van der Waals surface area contributed by atoms with Crippen LogP contribution in [-0.4, -0.2) is 23.0 Å². The summed E-state index contributed by atoms with van der Waals surface area (Å²) < 4.78 is 5.74. The minimum atomic E-state index is 0.0469. The molecule has 25 heavy (non-hydrogen) atoms. The number of carbonyl (C=O) groups is 1. The van der Waals surface area contributed by atoms with Gasteiger partial charge in [-0.3, -0.25) is 4.79 Å². The van der Waals surface area contributed by atoms with Crippen LogP contribution in [0, 0.1) is 18.8 Å². The summed E-state index contributed by atoms with van der Waals surface area (Å²) in [6.07, 6.45) is 5.97. The van der Waals surface area contributed by atoms with Crippen LogP contribution in [0.1, 0.15) is 43.6 Å². The molecule has 2 saturated carbocycles. The second-order valence-corrected chi connectivity index (χ2v) is 8.27. The summed E-state index contributed by atoms with van der Waals surface area (Å²) in [7, 11) is 0. The van der Waals surface area contributed by atoms with Crippen molar-refractivity contribution >= 4 is 17.2 Å². The molecule has 2 aromatic rings. The van der Waals surface area contributed by atoms with Crippen molar-refractivity contribution in [2.24, 2.45) is 17.6 Å². The van der Waals surface area contributed by atoms with Gasteiger partial charge in [0.25, 0.3) is 0 Å². The van der Waals surface area contributed by atoms with Gasteiger partial charge in [-0.2, -0.15) is 11.3 Å². The largest absolute Gasteiger partial charge is 0.441 e. The van der Waals surface area contributed by atoms with Gasteiger partial charge in [-0.1, -0.05) is 6.42 Å². The number of amides is 1. The fraction of sp³-hybridized carbons (Fsp3) is 0.579. The molecule has 134 valence electrons. The SMILES string of the molecule is Cc1oc(-c2ccsc2)nc1CC(=O)NC1C2CCCC1CC(N)C2. The number of oxazole rings is 1. The molecule has 1 amide bonds.